The fourth-order valence-electron chi connectivity index (χ4n) is 3.14. The van der Waals surface area contributed by atoms with Gasteiger partial charge in [0.1, 0.15) is 6.07 Å². The molecule has 0 aliphatic carbocycles. The molecular formula is C18H20ClN3O2. The second kappa shape index (κ2) is 7.80. The number of methoxy groups -OCH3 is 1. The highest BCUT2D eigenvalue weighted by Gasteiger charge is 2.26. The highest BCUT2D eigenvalue weighted by molar-refractivity contribution is 6.31. The van der Waals surface area contributed by atoms with Crippen LogP contribution in [0.15, 0.2) is 24.4 Å². The van der Waals surface area contributed by atoms with Gasteiger partial charge in [-0.1, -0.05) is 11.6 Å². The summed E-state index contributed by atoms with van der Waals surface area (Å²) in [7, 11) is 1.67. The molecule has 1 aliphatic heterocycles. The predicted octanol–water partition coefficient (Wildman–Crippen LogP) is 3.25. The molecule has 0 amide bonds. The first-order valence-electron chi connectivity index (χ1n) is 8.03. The summed E-state index contributed by atoms with van der Waals surface area (Å²) < 4.78 is 10.7. The Hall–Kier alpha value is -1.87. The van der Waals surface area contributed by atoms with Crippen LogP contribution >= 0.6 is 11.6 Å². The van der Waals surface area contributed by atoms with E-state index in [4.69, 9.17) is 21.1 Å². The van der Waals surface area contributed by atoms with Crippen molar-refractivity contribution in [3.05, 3.63) is 35.0 Å². The third-order valence-electron chi connectivity index (χ3n) is 4.31. The lowest BCUT2D eigenvalue weighted by atomic mass is 10.1. The second-order valence-electron chi connectivity index (χ2n) is 5.96. The smallest absolute Gasteiger partial charge is 0.103 e. The molecule has 6 heteroatoms. The fraction of sp³-hybridized carbons (Fsp3) is 0.444. The van der Waals surface area contributed by atoms with Gasteiger partial charge < -0.3 is 14.4 Å². The molecule has 1 aliphatic rings. The van der Waals surface area contributed by atoms with Gasteiger partial charge in [0.25, 0.3) is 0 Å². The number of ether oxygens (including phenoxy) is 2. The number of rotatable bonds is 6. The van der Waals surface area contributed by atoms with E-state index in [1.54, 1.807) is 13.3 Å². The maximum Gasteiger partial charge on any atom is 0.103 e. The molecule has 2 heterocycles. The Morgan fingerprint density at radius 2 is 2.29 bits per heavy atom. The van der Waals surface area contributed by atoms with E-state index >= 15 is 0 Å². The Balaban J connectivity index is 1.82. The van der Waals surface area contributed by atoms with Crippen LogP contribution in [0.25, 0.3) is 10.9 Å². The maximum atomic E-state index is 9.49. The van der Waals surface area contributed by atoms with Crippen LogP contribution in [0.5, 0.6) is 0 Å². The molecule has 0 radical (unpaired) electrons. The summed E-state index contributed by atoms with van der Waals surface area (Å²) in [6.07, 6.45) is 2.69. The first kappa shape index (κ1) is 17.0. The molecule has 1 aromatic carbocycles. The molecule has 1 aromatic heterocycles. The highest BCUT2D eigenvalue weighted by atomic mass is 35.5. The SMILES string of the molecule is COCCOCC1CCN(c2c(C#N)cnc3ccc(Cl)cc23)C1. The van der Waals surface area contributed by atoms with E-state index in [9.17, 15) is 5.26 Å². The minimum Gasteiger partial charge on any atom is -0.382 e. The molecule has 1 fully saturated rings. The molecule has 3 rings (SSSR count). The zero-order valence-electron chi connectivity index (χ0n) is 13.7. The van der Waals surface area contributed by atoms with Gasteiger partial charge in [0.15, 0.2) is 0 Å². The number of nitrogens with zero attached hydrogens (tertiary/aromatic N) is 3. The zero-order chi connectivity index (χ0) is 16.9. The summed E-state index contributed by atoms with van der Waals surface area (Å²) in [5, 5.41) is 11.1. The normalized spacial score (nSPS) is 17.4. The summed E-state index contributed by atoms with van der Waals surface area (Å²) in [5.74, 6) is 0.454. The third-order valence-corrected chi connectivity index (χ3v) is 4.54. The summed E-state index contributed by atoms with van der Waals surface area (Å²) in [5.41, 5.74) is 2.38. The molecule has 5 nitrogen and oxygen atoms in total. The van der Waals surface area contributed by atoms with Gasteiger partial charge >= 0.3 is 0 Å². The van der Waals surface area contributed by atoms with Crippen LogP contribution in [-0.4, -0.2) is 45.0 Å². The van der Waals surface area contributed by atoms with Gasteiger partial charge in [0.05, 0.1) is 36.6 Å². The first-order valence-corrected chi connectivity index (χ1v) is 8.40. The molecule has 1 saturated heterocycles. The molecule has 0 N–H and O–H groups in total. The molecular weight excluding hydrogens is 326 g/mol. The predicted molar refractivity (Wildman–Crippen MR) is 94.5 cm³/mol. The summed E-state index contributed by atoms with van der Waals surface area (Å²) in [6, 6.07) is 7.87. The average Bonchev–Trinajstić information content (AvgIpc) is 3.06. The van der Waals surface area contributed by atoms with Crippen molar-refractivity contribution in [1.29, 1.82) is 5.26 Å². The van der Waals surface area contributed by atoms with Crippen LogP contribution in [-0.2, 0) is 9.47 Å². The summed E-state index contributed by atoms with van der Waals surface area (Å²) in [4.78, 5) is 6.62. The van der Waals surface area contributed by atoms with Gasteiger partial charge in [-0.3, -0.25) is 4.98 Å². The Morgan fingerprint density at radius 1 is 1.42 bits per heavy atom. The maximum absolute atomic E-state index is 9.49. The summed E-state index contributed by atoms with van der Waals surface area (Å²) >= 11 is 6.16. The van der Waals surface area contributed by atoms with Gasteiger partial charge in [0, 0.05) is 42.7 Å². The molecule has 0 saturated carbocycles. The Labute approximate surface area is 146 Å². The zero-order valence-corrected chi connectivity index (χ0v) is 14.4. The number of fused-ring (bicyclic) bond motifs is 1. The molecule has 1 atom stereocenters. The van der Waals surface area contributed by atoms with Crippen LogP contribution in [0, 0.1) is 17.2 Å². The largest absolute Gasteiger partial charge is 0.382 e. The van der Waals surface area contributed by atoms with Crippen LogP contribution in [0.2, 0.25) is 5.02 Å². The Bertz CT molecular complexity index is 760. The topological polar surface area (TPSA) is 58.4 Å². The Morgan fingerprint density at radius 3 is 3.08 bits per heavy atom. The fourth-order valence-corrected chi connectivity index (χ4v) is 3.31. The van der Waals surface area contributed by atoms with E-state index in [1.807, 2.05) is 18.2 Å². The van der Waals surface area contributed by atoms with Crippen LogP contribution in [0.4, 0.5) is 5.69 Å². The van der Waals surface area contributed by atoms with Crippen molar-refractivity contribution < 1.29 is 9.47 Å². The number of hydrogen-bond acceptors (Lipinski definition) is 5. The monoisotopic (exact) mass is 345 g/mol. The van der Waals surface area contributed by atoms with E-state index < -0.39 is 0 Å². The Kier molecular flexibility index (Phi) is 5.52. The van der Waals surface area contributed by atoms with Gasteiger partial charge in [-0.15, -0.1) is 0 Å². The lowest BCUT2D eigenvalue weighted by molar-refractivity contribution is 0.0549. The van der Waals surface area contributed by atoms with E-state index in [-0.39, 0.29) is 0 Å². The minimum atomic E-state index is 0.454. The third kappa shape index (κ3) is 3.62. The van der Waals surface area contributed by atoms with Gasteiger partial charge in [0.2, 0.25) is 0 Å². The molecule has 2 aromatic rings. The lowest BCUT2D eigenvalue weighted by Crippen LogP contribution is -2.23. The van der Waals surface area contributed by atoms with Crippen LogP contribution in [0.1, 0.15) is 12.0 Å². The van der Waals surface area contributed by atoms with E-state index in [1.165, 1.54) is 0 Å². The second-order valence-corrected chi connectivity index (χ2v) is 6.40. The van der Waals surface area contributed by atoms with Crippen molar-refractivity contribution in [3.8, 4) is 6.07 Å². The summed E-state index contributed by atoms with van der Waals surface area (Å²) in [6.45, 7) is 3.71. The molecule has 24 heavy (non-hydrogen) atoms. The minimum absolute atomic E-state index is 0.454. The number of benzene rings is 1. The molecule has 1 unspecified atom stereocenters. The highest BCUT2D eigenvalue weighted by Crippen LogP contribution is 2.34. The van der Waals surface area contributed by atoms with Crippen molar-refractivity contribution in [3.63, 3.8) is 0 Å². The van der Waals surface area contributed by atoms with Crippen molar-refractivity contribution in [1.82, 2.24) is 4.98 Å². The lowest BCUT2D eigenvalue weighted by Gasteiger charge is -2.22. The number of pyridine rings is 1. The quantitative estimate of drug-likeness (QED) is 0.752. The number of aromatic nitrogens is 1. The van der Waals surface area contributed by atoms with Crippen LogP contribution < -0.4 is 4.90 Å². The number of halogens is 1. The van der Waals surface area contributed by atoms with Crippen LogP contribution in [0.3, 0.4) is 0 Å². The molecule has 126 valence electrons. The number of hydrogen-bond donors (Lipinski definition) is 0. The van der Waals surface area contributed by atoms with Crippen molar-refractivity contribution >= 4 is 28.2 Å². The van der Waals surface area contributed by atoms with Crippen molar-refractivity contribution in [2.45, 2.75) is 6.42 Å². The van der Waals surface area contributed by atoms with Gasteiger partial charge in [-0.2, -0.15) is 5.26 Å². The number of anilines is 1. The average molecular weight is 346 g/mol. The molecule has 0 spiro atoms. The number of nitriles is 1. The molecule has 0 bridgehead atoms. The van der Waals surface area contributed by atoms with E-state index in [0.717, 1.165) is 36.1 Å². The van der Waals surface area contributed by atoms with Gasteiger partial charge in [-0.25, -0.2) is 0 Å². The van der Waals surface area contributed by atoms with Crippen molar-refractivity contribution in [2.24, 2.45) is 5.92 Å². The van der Waals surface area contributed by atoms with E-state index in [0.29, 0.717) is 36.3 Å². The van der Waals surface area contributed by atoms with E-state index in [2.05, 4.69) is 16.0 Å². The van der Waals surface area contributed by atoms with Gasteiger partial charge in [-0.05, 0) is 24.6 Å². The standard InChI is InChI=1S/C18H20ClN3O2/c1-23-6-7-24-12-13-4-5-22(11-13)18-14(9-20)10-21-17-3-2-15(19)8-16(17)18/h2-3,8,10,13H,4-7,11-12H2,1H3. The first-order chi connectivity index (χ1) is 11.7. The van der Waals surface area contributed by atoms with Crippen molar-refractivity contribution in [2.75, 3.05) is 44.9 Å².